The van der Waals surface area contributed by atoms with Crippen LogP contribution < -0.4 is 14.7 Å². The average Bonchev–Trinajstić information content (AvgIpc) is 1.66. The number of H-pyrrole nitrogens is 3. The van der Waals surface area contributed by atoms with Gasteiger partial charge in [0.15, 0.2) is 52.3 Å². The summed E-state index contributed by atoms with van der Waals surface area (Å²) in [6.45, 7) is 26.3. The highest BCUT2D eigenvalue weighted by Crippen LogP contribution is 2.41. The Hall–Kier alpha value is -11.0. The molecule has 0 atom stereocenters. The Labute approximate surface area is 737 Å². The lowest BCUT2D eigenvalue weighted by atomic mass is 10.1. The Kier molecular flexibility index (Phi) is 27.9. The number of rotatable bonds is 27. The van der Waals surface area contributed by atoms with Gasteiger partial charge in [-0.05, 0) is 85.7 Å². The van der Waals surface area contributed by atoms with Crippen molar-refractivity contribution >= 4 is 150 Å². The van der Waals surface area contributed by atoms with E-state index in [9.17, 15) is 28.8 Å². The molecule has 1 aliphatic carbocycles. The Bertz CT molecular complexity index is 5690. The maximum atomic E-state index is 12.7. The van der Waals surface area contributed by atoms with Crippen LogP contribution in [0.3, 0.4) is 0 Å². The second kappa shape index (κ2) is 40.5. The number of allylic oxidation sites excluding steroid dienone is 6. The highest BCUT2D eigenvalue weighted by molar-refractivity contribution is 7.20. The number of aromatic nitrogens is 12. The summed E-state index contributed by atoms with van der Waals surface area (Å²) in [5.41, 5.74) is 8.63. The zero-order valence-corrected chi connectivity index (χ0v) is 73.6. The summed E-state index contributed by atoms with van der Waals surface area (Å²) in [5, 5.41) is 24.8. The molecule has 0 spiro atoms. The van der Waals surface area contributed by atoms with Crippen LogP contribution in [0.15, 0.2) is 128 Å². The second-order valence-electron chi connectivity index (χ2n) is 33.1. The summed E-state index contributed by atoms with van der Waals surface area (Å²) in [7, 11) is 0. The van der Waals surface area contributed by atoms with Crippen LogP contribution in [0, 0.1) is 11.8 Å². The number of morpholine rings is 3. The second-order valence-corrected chi connectivity index (χ2v) is 36.5. The average molecular weight is 1750 g/mol. The van der Waals surface area contributed by atoms with Gasteiger partial charge in [0.05, 0.1) is 105 Å². The molecular weight excluding hydrogens is 1640 g/mol. The number of carbonyl (C=O) groups is 6. The van der Waals surface area contributed by atoms with E-state index in [1.165, 1.54) is 27.5 Å². The van der Waals surface area contributed by atoms with E-state index in [2.05, 4.69) is 90.3 Å². The zero-order chi connectivity index (χ0) is 85.7. The molecular formula is C92H107N21O9S3. The van der Waals surface area contributed by atoms with Crippen molar-refractivity contribution < 1.29 is 43.0 Å². The number of ketones is 3. The summed E-state index contributed by atoms with van der Waals surface area (Å²) in [4.78, 5) is 128. The molecule has 7 fully saturated rings. The lowest BCUT2D eigenvalue weighted by Crippen LogP contribution is -2.48. The van der Waals surface area contributed by atoms with Gasteiger partial charge in [0.1, 0.15) is 0 Å². The van der Waals surface area contributed by atoms with Crippen LogP contribution in [0.25, 0.3) is 97.5 Å². The summed E-state index contributed by atoms with van der Waals surface area (Å²) in [6.07, 6.45) is 21.0. The monoisotopic (exact) mass is 1750 g/mol. The highest BCUT2D eigenvalue weighted by Gasteiger charge is 2.31. The fourth-order valence-electron chi connectivity index (χ4n) is 16.6. The molecule has 19 rings (SSSR count). The van der Waals surface area contributed by atoms with Crippen molar-refractivity contribution in [3.8, 4) is 34.2 Å². The first-order chi connectivity index (χ1) is 61.1. The number of amides is 3. The van der Waals surface area contributed by atoms with Crippen LogP contribution in [0.5, 0.6) is 0 Å². The molecule has 6 saturated heterocycles. The fraction of sp³-hybridized carbons (Fsp3) is 0.446. The molecule has 15 heterocycles. The lowest BCUT2D eigenvalue weighted by Gasteiger charge is -2.34. The molecule has 3 N–H and O–H groups in total. The molecule has 0 unspecified atom stereocenters. The molecule has 125 heavy (non-hydrogen) atoms. The number of ether oxygens (including phenoxy) is 3. The summed E-state index contributed by atoms with van der Waals surface area (Å²) in [6, 6.07) is 24.8. The lowest BCUT2D eigenvalue weighted by molar-refractivity contribution is -0.134. The van der Waals surface area contributed by atoms with Gasteiger partial charge in [0, 0.05) is 223 Å². The quantitative estimate of drug-likeness (QED) is 0.0403. The van der Waals surface area contributed by atoms with Gasteiger partial charge in [0.25, 0.3) is 0 Å². The summed E-state index contributed by atoms with van der Waals surface area (Å²) < 4.78 is 20.2. The zero-order valence-electron chi connectivity index (χ0n) is 71.2. The molecule has 0 bridgehead atoms. The fourth-order valence-corrected chi connectivity index (χ4v) is 20.0. The van der Waals surface area contributed by atoms with E-state index in [0.717, 1.165) is 202 Å². The number of fused-ring (bicyclic) bond motifs is 6. The number of anilines is 3. The number of carbonyl (C=O) groups excluding carboxylic acids is 6. The molecule has 7 aliphatic rings. The van der Waals surface area contributed by atoms with Crippen molar-refractivity contribution in [2.24, 2.45) is 11.8 Å². The van der Waals surface area contributed by atoms with Crippen molar-refractivity contribution in [1.82, 2.24) is 89.9 Å². The van der Waals surface area contributed by atoms with Crippen molar-refractivity contribution in [3.63, 3.8) is 0 Å². The number of hydrogen-bond acceptors (Lipinski definition) is 27. The maximum Gasteiger partial charge on any atom is 0.223 e. The Balaban J connectivity index is 0.000000133. The molecule has 3 aromatic carbocycles. The summed E-state index contributed by atoms with van der Waals surface area (Å²) in [5.74, 6) is 6.20. The Morgan fingerprint density at radius 2 is 0.744 bits per heavy atom. The van der Waals surface area contributed by atoms with E-state index >= 15 is 0 Å². The third-order valence-corrected chi connectivity index (χ3v) is 27.1. The molecule has 3 amide bonds. The standard InChI is InChI=1S/C31H35N7O3S.C31H37N7O3S.C30H35N7O3S/c39-22(7-6-21-4-5-21)8-9-28(40)37-12-10-36(11-13-37)20-23-18-27-29(42-23)31(38-14-16-41-17-15-38)34-30(33-27)24-2-1-3-26-25(24)19-32-35-26;1-21(2)6-7-22(39)8-9-28(40)37-12-10-36(11-13-37)20-23-18-27-29(42-23)31(38-14-16-41-17-15-38)34-30(33-27)24-4-3-5-26-25(24)19-32-35-26;1-2-3-5-21(38)8-9-27(39)36-12-10-35(11-13-36)20-22-18-26-28(41-22)30(37-14-16-40-17-15-37)33-29(32-26)23-6-4-7-25-24(23)19-31-34-25/h1-3,6-7,18-19,21H,4-5,8-17,20H2,(H,32,35);3-7,18-19,21H,8-17,20H2,1-2H3,(H,32,35);3-7,18-19H,2,8-17,20H2,1H3,(H,31,34)/b2*7-6+;5-3+. The molecule has 6 aliphatic heterocycles. The molecule has 33 heteroatoms. The van der Waals surface area contributed by atoms with Crippen molar-refractivity contribution in [3.05, 3.63) is 142 Å². The third-order valence-electron chi connectivity index (χ3n) is 23.8. The molecule has 1 saturated carbocycles. The molecule has 9 aromatic heterocycles. The van der Waals surface area contributed by atoms with Gasteiger partial charge in [-0.3, -0.25) is 58.8 Å². The van der Waals surface area contributed by atoms with Gasteiger partial charge in [-0.2, -0.15) is 15.3 Å². The number of hydrogen-bond donors (Lipinski definition) is 3. The Morgan fingerprint density at radius 1 is 0.416 bits per heavy atom. The largest absolute Gasteiger partial charge is 0.378 e. The van der Waals surface area contributed by atoms with Gasteiger partial charge < -0.3 is 43.6 Å². The predicted molar refractivity (Wildman–Crippen MR) is 490 cm³/mol. The minimum atomic E-state index is 0.0181. The third kappa shape index (κ3) is 21.4. The first-order valence-electron chi connectivity index (χ1n) is 43.9. The minimum absolute atomic E-state index is 0.0181. The van der Waals surface area contributed by atoms with Crippen LogP contribution in [0.1, 0.15) is 93.2 Å². The first-order valence-corrected chi connectivity index (χ1v) is 46.4. The van der Waals surface area contributed by atoms with Crippen molar-refractivity contribution in [2.45, 2.75) is 98.2 Å². The normalized spacial score (nSPS) is 17.4. The number of nitrogens with one attached hydrogen (secondary N) is 3. The van der Waals surface area contributed by atoms with E-state index in [-0.39, 0.29) is 60.8 Å². The summed E-state index contributed by atoms with van der Waals surface area (Å²) >= 11 is 5.26. The Morgan fingerprint density at radius 3 is 1.06 bits per heavy atom. The number of aromatic amines is 3. The predicted octanol–water partition coefficient (Wildman–Crippen LogP) is 12.3. The first kappa shape index (κ1) is 86.1. The minimum Gasteiger partial charge on any atom is -0.378 e. The topological polar surface area (TPSA) is 323 Å². The van der Waals surface area contributed by atoms with Gasteiger partial charge in [-0.15, -0.1) is 34.0 Å². The van der Waals surface area contributed by atoms with Crippen molar-refractivity contribution in [1.29, 1.82) is 0 Å². The molecule has 652 valence electrons. The van der Waals surface area contributed by atoms with Gasteiger partial charge in [-0.1, -0.05) is 75.4 Å². The van der Waals surface area contributed by atoms with E-state index in [4.69, 9.17) is 44.1 Å². The van der Waals surface area contributed by atoms with E-state index in [1.807, 2.05) is 115 Å². The number of piperazine rings is 3. The smallest absolute Gasteiger partial charge is 0.223 e. The number of benzene rings is 3. The molecule has 30 nitrogen and oxygen atoms in total. The van der Waals surface area contributed by atoms with Crippen LogP contribution in [0.2, 0.25) is 0 Å². The highest BCUT2D eigenvalue weighted by atomic mass is 32.1. The van der Waals surface area contributed by atoms with Crippen LogP contribution >= 0.6 is 34.0 Å². The SMILES string of the molecule is CC(C)/C=C/C(=O)CCC(=O)N1CCN(Cc2cc3nc(-c4cccc5[nH]ncc45)nc(N4CCOCC4)c3s2)CC1.CC/C=C/C(=O)CCC(=O)N1CCN(Cc2cc3nc(-c4cccc5[nH]ncc45)nc(N4CCOCC4)c3s2)CC1.O=C(/C=C/C1CC1)CCC(=O)N1CCN(Cc2cc3nc(-c4cccc5[nH]ncc45)nc(N4CCOCC4)c3s2)CC1. The van der Waals surface area contributed by atoms with E-state index < -0.39 is 0 Å². The van der Waals surface area contributed by atoms with Crippen LogP contribution in [-0.4, -0.2) is 282 Å². The van der Waals surface area contributed by atoms with Crippen LogP contribution in [-0.2, 0) is 62.6 Å². The molecule has 12 aromatic rings. The van der Waals surface area contributed by atoms with E-state index in [1.54, 1.807) is 52.2 Å². The van der Waals surface area contributed by atoms with Crippen molar-refractivity contribution in [2.75, 3.05) is 172 Å². The van der Waals surface area contributed by atoms with Gasteiger partial charge in [0.2, 0.25) is 17.7 Å². The maximum absolute atomic E-state index is 12.7. The number of thiophene rings is 3. The van der Waals surface area contributed by atoms with E-state index in [0.29, 0.717) is 121 Å². The van der Waals surface area contributed by atoms with Gasteiger partial charge in [-0.25, -0.2) is 29.9 Å². The van der Waals surface area contributed by atoms with Crippen LogP contribution in [0.4, 0.5) is 17.5 Å². The number of nitrogens with zero attached hydrogens (tertiary/aromatic N) is 18. The van der Waals surface area contributed by atoms with Gasteiger partial charge >= 0.3 is 0 Å². The molecule has 0 radical (unpaired) electrons.